The number of ether oxygens (including phenoxy) is 2. The molecule has 3 amide bonds. The van der Waals surface area contributed by atoms with Crippen molar-refractivity contribution in [3.8, 4) is 0 Å². The molecule has 32 heavy (non-hydrogen) atoms. The second kappa shape index (κ2) is 10.5. The van der Waals surface area contributed by atoms with Crippen LogP contribution < -0.4 is 10.6 Å². The van der Waals surface area contributed by atoms with Crippen LogP contribution in [0.25, 0.3) is 0 Å². The Hall–Kier alpha value is -3.11. The summed E-state index contributed by atoms with van der Waals surface area (Å²) < 4.78 is 12.5. The molecule has 1 unspecified atom stereocenters. The van der Waals surface area contributed by atoms with Gasteiger partial charge in [-0.15, -0.1) is 5.10 Å². The van der Waals surface area contributed by atoms with Crippen LogP contribution in [0.2, 0.25) is 0 Å². The van der Waals surface area contributed by atoms with E-state index in [9.17, 15) is 14.4 Å². The number of imide groups is 1. The minimum Gasteiger partial charge on any atom is -0.351 e. The fourth-order valence-corrected chi connectivity index (χ4v) is 3.80. The largest absolute Gasteiger partial charge is 0.351 e. The van der Waals surface area contributed by atoms with Gasteiger partial charge in [-0.3, -0.25) is 19.7 Å². The van der Waals surface area contributed by atoms with Crippen LogP contribution in [0.4, 0.5) is 5.69 Å². The van der Waals surface area contributed by atoms with Gasteiger partial charge in [-0.2, -0.15) is 0 Å². The zero-order valence-corrected chi connectivity index (χ0v) is 18.6. The normalized spacial score (nSPS) is 18.6. The average molecular weight is 444 g/mol. The molecule has 172 valence electrons. The lowest BCUT2D eigenvalue weighted by Crippen LogP contribution is -2.51. The molecule has 1 aromatic heterocycles. The fraction of sp³-hybridized carbons (Fsp3) is 0.500. The summed E-state index contributed by atoms with van der Waals surface area (Å²) in [5.74, 6) is -0.925. The third-order valence-electron chi connectivity index (χ3n) is 5.58. The number of carbonyl (C=O) groups is 3. The lowest BCUT2D eigenvalue weighted by molar-refractivity contribution is -0.145. The Morgan fingerprint density at radius 2 is 1.88 bits per heavy atom. The molecule has 1 aliphatic heterocycles. The molecule has 0 aliphatic carbocycles. The summed E-state index contributed by atoms with van der Waals surface area (Å²) in [5.41, 5.74) is 0.799. The lowest BCUT2D eigenvalue weighted by Gasteiger charge is -2.35. The van der Waals surface area contributed by atoms with E-state index in [-0.39, 0.29) is 17.5 Å². The SMILES string of the molecule is CCOC(Cn1cc(C(=O)Nc2ccc(C3(CC)CCC(=O)NC3=O)cc2)nn1)OCC. The van der Waals surface area contributed by atoms with Crippen molar-refractivity contribution < 1.29 is 23.9 Å². The van der Waals surface area contributed by atoms with Gasteiger partial charge >= 0.3 is 0 Å². The molecule has 1 aromatic carbocycles. The first-order valence-corrected chi connectivity index (χ1v) is 10.8. The van der Waals surface area contributed by atoms with E-state index < -0.39 is 17.6 Å². The Morgan fingerprint density at radius 1 is 1.19 bits per heavy atom. The molecule has 1 fully saturated rings. The quantitative estimate of drug-likeness (QED) is 0.425. The highest BCUT2D eigenvalue weighted by molar-refractivity contribution is 6.04. The molecule has 0 radical (unpaired) electrons. The summed E-state index contributed by atoms with van der Waals surface area (Å²) in [6.07, 6.45) is 2.41. The molecule has 10 heteroatoms. The highest BCUT2D eigenvalue weighted by atomic mass is 16.7. The topological polar surface area (TPSA) is 124 Å². The Kier molecular flexibility index (Phi) is 7.70. The molecule has 1 aliphatic rings. The van der Waals surface area contributed by atoms with Crippen LogP contribution in [0.1, 0.15) is 56.1 Å². The molecule has 0 spiro atoms. The minimum absolute atomic E-state index is 0.163. The first kappa shape index (κ1) is 23.6. The number of nitrogens with zero attached hydrogens (tertiary/aromatic N) is 3. The minimum atomic E-state index is -0.739. The number of hydrogen-bond acceptors (Lipinski definition) is 7. The number of benzene rings is 1. The molecule has 2 N–H and O–H groups in total. The zero-order chi connectivity index (χ0) is 23.1. The number of anilines is 1. The smallest absolute Gasteiger partial charge is 0.277 e. The number of nitrogens with one attached hydrogen (secondary N) is 2. The maximum atomic E-state index is 12.6. The molecule has 3 rings (SSSR count). The van der Waals surface area contributed by atoms with Crippen LogP contribution in [-0.2, 0) is 31.0 Å². The highest BCUT2D eigenvalue weighted by Crippen LogP contribution is 2.36. The van der Waals surface area contributed by atoms with Gasteiger partial charge < -0.3 is 14.8 Å². The van der Waals surface area contributed by atoms with Gasteiger partial charge in [-0.1, -0.05) is 24.3 Å². The number of aromatic nitrogens is 3. The zero-order valence-electron chi connectivity index (χ0n) is 18.6. The monoisotopic (exact) mass is 443 g/mol. The highest BCUT2D eigenvalue weighted by Gasteiger charge is 2.42. The van der Waals surface area contributed by atoms with Gasteiger partial charge in [0.1, 0.15) is 0 Å². The number of hydrogen-bond donors (Lipinski definition) is 2. The van der Waals surface area contributed by atoms with Crippen LogP contribution in [0.15, 0.2) is 30.5 Å². The molecule has 10 nitrogen and oxygen atoms in total. The summed E-state index contributed by atoms with van der Waals surface area (Å²) in [7, 11) is 0. The first-order chi connectivity index (χ1) is 15.4. The summed E-state index contributed by atoms with van der Waals surface area (Å²) in [4.78, 5) is 36.6. The van der Waals surface area contributed by atoms with E-state index in [0.717, 1.165) is 5.56 Å². The van der Waals surface area contributed by atoms with Crippen LogP contribution in [0, 0.1) is 0 Å². The summed E-state index contributed by atoms with van der Waals surface area (Å²) in [6, 6.07) is 7.08. The summed E-state index contributed by atoms with van der Waals surface area (Å²) >= 11 is 0. The van der Waals surface area contributed by atoms with Gasteiger partial charge in [0.15, 0.2) is 12.0 Å². The number of rotatable bonds is 10. The number of amides is 3. The molecule has 1 saturated heterocycles. The Balaban J connectivity index is 1.66. The van der Waals surface area contributed by atoms with E-state index >= 15 is 0 Å². The Labute approximate surface area is 186 Å². The van der Waals surface area contributed by atoms with Crippen molar-refractivity contribution in [2.45, 2.75) is 58.3 Å². The second-order valence-corrected chi connectivity index (χ2v) is 7.51. The Bertz CT molecular complexity index is 952. The van der Waals surface area contributed by atoms with Crippen molar-refractivity contribution >= 4 is 23.4 Å². The number of carbonyl (C=O) groups excluding carboxylic acids is 3. The molecular weight excluding hydrogens is 414 g/mol. The van der Waals surface area contributed by atoms with Crippen molar-refractivity contribution in [1.29, 1.82) is 0 Å². The molecule has 2 aromatic rings. The molecule has 0 saturated carbocycles. The van der Waals surface area contributed by atoms with Crippen LogP contribution in [-0.4, -0.2) is 52.2 Å². The van der Waals surface area contributed by atoms with E-state index in [1.807, 2.05) is 20.8 Å². The molecule has 2 heterocycles. The van der Waals surface area contributed by atoms with Gasteiger partial charge in [0.25, 0.3) is 5.91 Å². The van der Waals surface area contributed by atoms with E-state index in [2.05, 4.69) is 20.9 Å². The van der Waals surface area contributed by atoms with Gasteiger partial charge in [-0.05, 0) is 44.4 Å². The van der Waals surface area contributed by atoms with Gasteiger partial charge in [0.05, 0.1) is 18.2 Å². The second-order valence-electron chi connectivity index (χ2n) is 7.51. The van der Waals surface area contributed by atoms with Gasteiger partial charge in [0.2, 0.25) is 11.8 Å². The van der Waals surface area contributed by atoms with Crippen LogP contribution >= 0.6 is 0 Å². The third kappa shape index (κ3) is 5.20. The fourth-order valence-electron chi connectivity index (χ4n) is 3.80. The van der Waals surface area contributed by atoms with Crippen molar-refractivity contribution in [3.63, 3.8) is 0 Å². The lowest BCUT2D eigenvalue weighted by atomic mass is 9.72. The maximum absolute atomic E-state index is 12.6. The predicted octanol–water partition coefficient (Wildman–Crippen LogP) is 2.01. The average Bonchev–Trinajstić information content (AvgIpc) is 3.24. The first-order valence-electron chi connectivity index (χ1n) is 10.8. The van der Waals surface area contributed by atoms with E-state index in [0.29, 0.717) is 44.7 Å². The van der Waals surface area contributed by atoms with Crippen LogP contribution in [0.5, 0.6) is 0 Å². The van der Waals surface area contributed by atoms with E-state index in [4.69, 9.17) is 9.47 Å². The summed E-state index contributed by atoms with van der Waals surface area (Å²) in [6.45, 7) is 7.00. The molecular formula is C22H29N5O5. The third-order valence-corrected chi connectivity index (χ3v) is 5.58. The predicted molar refractivity (Wildman–Crippen MR) is 116 cm³/mol. The van der Waals surface area contributed by atoms with Crippen molar-refractivity contribution in [1.82, 2.24) is 20.3 Å². The summed E-state index contributed by atoms with van der Waals surface area (Å²) in [5, 5.41) is 13.1. The molecule has 0 bridgehead atoms. The van der Waals surface area contributed by atoms with E-state index in [1.165, 1.54) is 10.9 Å². The van der Waals surface area contributed by atoms with Crippen molar-refractivity contribution in [2.75, 3.05) is 18.5 Å². The van der Waals surface area contributed by atoms with Crippen molar-refractivity contribution in [2.24, 2.45) is 0 Å². The molecule has 1 atom stereocenters. The number of piperidine rings is 1. The van der Waals surface area contributed by atoms with Gasteiger partial charge in [-0.25, -0.2) is 4.68 Å². The van der Waals surface area contributed by atoms with E-state index in [1.54, 1.807) is 24.3 Å². The van der Waals surface area contributed by atoms with Crippen LogP contribution in [0.3, 0.4) is 0 Å². The standard InChI is InChI=1S/C22H29N5O5/c1-4-22(12-11-18(28)24-21(22)30)15-7-9-16(10-8-15)23-20(29)17-13-27(26-25-17)14-19(31-5-2)32-6-3/h7-10,13,19H,4-6,11-12,14H2,1-3H3,(H,23,29)(H,24,28,30). The maximum Gasteiger partial charge on any atom is 0.277 e. The van der Waals surface area contributed by atoms with Gasteiger partial charge in [0, 0.05) is 25.3 Å². The Morgan fingerprint density at radius 3 is 2.47 bits per heavy atom. The van der Waals surface area contributed by atoms with Crippen molar-refractivity contribution in [3.05, 3.63) is 41.7 Å².